The summed E-state index contributed by atoms with van der Waals surface area (Å²) in [5.41, 5.74) is 0. The average molecular weight is 227 g/mol. The summed E-state index contributed by atoms with van der Waals surface area (Å²) < 4.78 is 1.03. The number of nitrogens with zero attached hydrogens (tertiary/aromatic N) is 1. The van der Waals surface area contributed by atoms with Crippen LogP contribution < -0.4 is 5.32 Å². The van der Waals surface area contributed by atoms with Gasteiger partial charge in [-0.05, 0) is 46.8 Å². The molecule has 1 heterocycles. The number of hydrogen-bond acceptors (Lipinski definition) is 2. The first-order chi connectivity index (χ1) is 5.84. The van der Waals surface area contributed by atoms with Crippen LogP contribution in [0.15, 0.2) is 22.8 Å². The van der Waals surface area contributed by atoms with Gasteiger partial charge in [0.2, 0.25) is 0 Å². The zero-order valence-corrected chi connectivity index (χ0v) is 8.34. The van der Waals surface area contributed by atoms with Crippen LogP contribution in [0.3, 0.4) is 0 Å². The fourth-order valence-corrected chi connectivity index (χ4v) is 1.29. The monoisotopic (exact) mass is 226 g/mol. The molecule has 1 saturated carbocycles. The highest BCUT2D eigenvalue weighted by Crippen LogP contribution is 2.28. The minimum atomic E-state index is 0.899. The van der Waals surface area contributed by atoms with Crippen molar-refractivity contribution in [1.29, 1.82) is 0 Å². The van der Waals surface area contributed by atoms with Crippen LogP contribution in [0.1, 0.15) is 12.8 Å². The molecule has 1 aromatic heterocycles. The molecular weight excluding hydrogens is 216 g/mol. The predicted molar refractivity (Wildman–Crippen MR) is 53.2 cm³/mol. The zero-order chi connectivity index (χ0) is 8.39. The van der Waals surface area contributed by atoms with Crippen LogP contribution in [0.5, 0.6) is 0 Å². The van der Waals surface area contributed by atoms with E-state index >= 15 is 0 Å². The summed E-state index contributed by atoms with van der Waals surface area (Å²) in [6.07, 6.45) is 4.57. The third kappa shape index (κ3) is 2.21. The molecule has 3 heteroatoms. The van der Waals surface area contributed by atoms with E-state index in [-0.39, 0.29) is 0 Å². The summed E-state index contributed by atoms with van der Waals surface area (Å²) in [6.45, 7) is 1.08. The van der Waals surface area contributed by atoms with Crippen molar-refractivity contribution in [1.82, 2.24) is 4.98 Å². The average Bonchev–Trinajstić information content (AvgIpc) is 2.87. The second-order valence-corrected chi connectivity index (χ2v) is 4.10. The lowest BCUT2D eigenvalue weighted by atomic mass is 10.4. The van der Waals surface area contributed by atoms with E-state index in [0.29, 0.717) is 0 Å². The molecule has 0 bridgehead atoms. The Kier molecular flexibility index (Phi) is 2.30. The maximum Gasteiger partial charge on any atom is 0.125 e. The lowest BCUT2D eigenvalue weighted by molar-refractivity contribution is 0.883. The predicted octanol–water partition coefficient (Wildman–Crippen LogP) is 2.67. The molecule has 0 aromatic carbocycles. The Labute approximate surface area is 80.5 Å². The van der Waals surface area contributed by atoms with Crippen LogP contribution in [-0.4, -0.2) is 11.5 Å². The molecule has 2 nitrogen and oxygen atoms in total. The number of aromatic nitrogens is 1. The molecule has 1 aromatic rings. The van der Waals surface area contributed by atoms with Gasteiger partial charge in [-0.2, -0.15) is 0 Å². The molecule has 1 aliphatic rings. The van der Waals surface area contributed by atoms with Gasteiger partial charge < -0.3 is 5.32 Å². The van der Waals surface area contributed by atoms with Crippen LogP contribution in [0, 0.1) is 5.92 Å². The van der Waals surface area contributed by atoms with Gasteiger partial charge in [0.25, 0.3) is 0 Å². The fourth-order valence-electron chi connectivity index (χ4n) is 1.05. The molecule has 0 unspecified atom stereocenters. The Morgan fingerprint density at radius 2 is 2.33 bits per heavy atom. The second-order valence-electron chi connectivity index (χ2n) is 3.19. The highest BCUT2D eigenvalue weighted by molar-refractivity contribution is 9.10. The van der Waals surface area contributed by atoms with E-state index in [9.17, 15) is 0 Å². The molecule has 1 aliphatic carbocycles. The van der Waals surface area contributed by atoms with Gasteiger partial charge in [0.1, 0.15) is 5.82 Å². The van der Waals surface area contributed by atoms with E-state index in [1.54, 1.807) is 0 Å². The summed E-state index contributed by atoms with van der Waals surface area (Å²) in [5, 5.41) is 3.30. The molecule has 0 amide bonds. The Morgan fingerprint density at radius 1 is 1.50 bits per heavy atom. The van der Waals surface area contributed by atoms with Crippen molar-refractivity contribution < 1.29 is 0 Å². The van der Waals surface area contributed by atoms with Crippen LogP contribution in [0.4, 0.5) is 5.82 Å². The van der Waals surface area contributed by atoms with Gasteiger partial charge in [0, 0.05) is 17.2 Å². The largest absolute Gasteiger partial charge is 0.370 e. The molecule has 1 N–H and O–H groups in total. The number of halogens is 1. The molecule has 0 atom stereocenters. The highest BCUT2D eigenvalue weighted by Gasteiger charge is 2.20. The van der Waals surface area contributed by atoms with Crippen molar-refractivity contribution in [3.05, 3.63) is 22.8 Å². The van der Waals surface area contributed by atoms with E-state index in [4.69, 9.17) is 0 Å². The summed E-state index contributed by atoms with van der Waals surface area (Å²) in [4.78, 5) is 4.22. The maximum absolute atomic E-state index is 4.22. The van der Waals surface area contributed by atoms with Crippen molar-refractivity contribution in [3.8, 4) is 0 Å². The van der Waals surface area contributed by atoms with Crippen LogP contribution in [0.25, 0.3) is 0 Å². The summed E-state index contributed by atoms with van der Waals surface area (Å²) in [5.74, 6) is 1.88. The topological polar surface area (TPSA) is 24.9 Å². The van der Waals surface area contributed by atoms with Crippen molar-refractivity contribution in [2.75, 3.05) is 11.9 Å². The Balaban J connectivity index is 1.89. The fraction of sp³-hybridized carbons (Fsp3) is 0.444. The van der Waals surface area contributed by atoms with E-state index in [1.165, 1.54) is 12.8 Å². The maximum atomic E-state index is 4.22. The van der Waals surface area contributed by atoms with Gasteiger partial charge in [-0.25, -0.2) is 4.98 Å². The lowest BCUT2D eigenvalue weighted by Crippen LogP contribution is -2.04. The van der Waals surface area contributed by atoms with Crippen LogP contribution in [0.2, 0.25) is 0 Å². The first-order valence-corrected chi connectivity index (χ1v) is 4.99. The molecular formula is C9H11BrN2. The van der Waals surface area contributed by atoms with Crippen molar-refractivity contribution in [2.24, 2.45) is 5.92 Å². The van der Waals surface area contributed by atoms with Gasteiger partial charge in [-0.3, -0.25) is 0 Å². The molecule has 0 radical (unpaired) electrons. The SMILES string of the molecule is Brc1ccc(NCC2CC2)nc1. The number of pyridine rings is 1. The smallest absolute Gasteiger partial charge is 0.125 e. The first kappa shape index (κ1) is 8.05. The van der Waals surface area contributed by atoms with Crippen molar-refractivity contribution in [3.63, 3.8) is 0 Å². The lowest BCUT2D eigenvalue weighted by Gasteiger charge is -2.02. The standard InChI is InChI=1S/C9H11BrN2/c10-8-3-4-9(12-6-8)11-5-7-1-2-7/h3-4,6-7H,1-2,5H2,(H,11,12). The number of rotatable bonds is 3. The molecule has 0 aliphatic heterocycles. The summed E-state index contributed by atoms with van der Waals surface area (Å²) in [7, 11) is 0. The highest BCUT2D eigenvalue weighted by atomic mass is 79.9. The Bertz CT molecular complexity index is 254. The zero-order valence-electron chi connectivity index (χ0n) is 6.76. The third-order valence-electron chi connectivity index (χ3n) is 2.00. The molecule has 2 rings (SSSR count). The molecule has 0 spiro atoms. The van der Waals surface area contributed by atoms with Crippen molar-refractivity contribution >= 4 is 21.7 Å². The van der Waals surface area contributed by atoms with Crippen LogP contribution in [-0.2, 0) is 0 Å². The minimum Gasteiger partial charge on any atom is -0.370 e. The quantitative estimate of drug-likeness (QED) is 0.858. The first-order valence-electron chi connectivity index (χ1n) is 4.20. The van der Waals surface area contributed by atoms with Crippen molar-refractivity contribution in [2.45, 2.75) is 12.8 Å². The number of anilines is 1. The van der Waals surface area contributed by atoms with Gasteiger partial charge in [0.05, 0.1) is 0 Å². The molecule has 1 fully saturated rings. The van der Waals surface area contributed by atoms with E-state index < -0.39 is 0 Å². The second kappa shape index (κ2) is 3.44. The Morgan fingerprint density at radius 3 is 2.92 bits per heavy atom. The van der Waals surface area contributed by atoms with Gasteiger partial charge in [-0.15, -0.1) is 0 Å². The third-order valence-corrected chi connectivity index (χ3v) is 2.47. The van der Waals surface area contributed by atoms with Gasteiger partial charge in [0.15, 0.2) is 0 Å². The van der Waals surface area contributed by atoms with E-state index in [2.05, 4.69) is 26.2 Å². The van der Waals surface area contributed by atoms with E-state index in [0.717, 1.165) is 22.8 Å². The normalized spacial score (nSPS) is 16.1. The summed E-state index contributed by atoms with van der Waals surface area (Å²) in [6, 6.07) is 3.99. The van der Waals surface area contributed by atoms with Gasteiger partial charge >= 0.3 is 0 Å². The minimum absolute atomic E-state index is 0.899. The van der Waals surface area contributed by atoms with Gasteiger partial charge in [-0.1, -0.05) is 0 Å². The Hall–Kier alpha value is -0.570. The van der Waals surface area contributed by atoms with E-state index in [1.807, 2.05) is 18.3 Å². The number of nitrogens with one attached hydrogen (secondary N) is 1. The molecule has 0 saturated heterocycles. The summed E-state index contributed by atoms with van der Waals surface area (Å²) >= 11 is 3.35. The molecule has 64 valence electrons. The number of hydrogen-bond donors (Lipinski definition) is 1. The molecule has 12 heavy (non-hydrogen) atoms. The van der Waals surface area contributed by atoms with Crippen LogP contribution >= 0.6 is 15.9 Å².